The predicted octanol–water partition coefficient (Wildman–Crippen LogP) is 5.13. The van der Waals surface area contributed by atoms with Gasteiger partial charge in [0.05, 0.1) is 0 Å². The Balaban J connectivity index is 1.91. The van der Waals surface area contributed by atoms with Gasteiger partial charge in [0, 0.05) is 0 Å². The maximum atomic E-state index is 2.49. The van der Waals surface area contributed by atoms with Gasteiger partial charge in [-0.1, -0.05) is 41.0 Å². The standard InChI is InChI=1S/C16H30/c1-6-12(9-11(2)3)13-7-8-14-15(10-13)16(14,4)5/h11-15H,6-10H2,1-5H3. The molecule has 0 radical (unpaired) electrons. The molecule has 0 aromatic rings. The molecule has 2 aliphatic carbocycles. The SMILES string of the molecule is CCC(CC(C)C)C1CCC2C(C1)C2(C)C. The second kappa shape index (κ2) is 4.35. The van der Waals surface area contributed by atoms with E-state index in [0.29, 0.717) is 5.41 Å². The molecule has 0 saturated heterocycles. The lowest BCUT2D eigenvalue weighted by Crippen LogP contribution is -2.20. The van der Waals surface area contributed by atoms with Crippen LogP contribution in [0.25, 0.3) is 0 Å². The van der Waals surface area contributed by atoms with Gasteiger partial charge >= 0.3 is 0 Å². The van der Waals surface area contributed by atoms with Crippen LogP contribution in [-0.4, -0.2) is 0 Å². The molecule has 0 amide bonds. The Morgan fingerprint density at radius 3 is 2.31 bits per heavy atom. The van der Waals surface area contributed by atoms with E-state index in [1.807, 2.05) is 0 Å². The summed E-state index contributed by atoms with van der Waals surface area (Å²) in [6, 6.07) is 0. The molecule has 4 atom stereocenters. The molecule has 94 valence electrons. The molecule has 0 N–H and O–H groups in total. The van der Waals surface area contributed by atoms with E-state index in [4.69, 9.17) is 0 Å². The highest BCUT2D eigenvalue weighted by atomic mass is 14.6. The van der Waals surface area contributed by atoms with Crippen molar-refractivity contribution >= 4 is 0 Å². The quantitative estimate of drug-likeness (QED) is 0.618. The lowest BCUT2D eigenvalue weighted by atomic mass is 9.75. The van der Waals surface area contributed by atoms with E-state index in [2.05, 4.69) is 34.6 Å². The molecule has 0 nitrogen and oxygen atoms in total. The third-order valence-electron chi connectivity index (χ3n) is 5.66. The normalized spacial score (nSPS) is 38.2. The van der Waals surface area contributed by atoms with Crippen molar-refractivity contribution in [3.8, 4) is 0 Å². The smallest absolute Gasteiger partial charge is 0.0292 e. The van der Waals surface area contributed by atoms with Crippen molar-refractivity contribution in [3.05, 3.63) is 0 Å². The third kappa shape index (κ3) is 2.17. The summed E-state index contributed by atoms with van der Waals surface area (Å²) in [5.41, 5.74) is 0.699. The van der Waals surface area contributed by atoms with Gasteiger partial charge in [-0.25, -0.2) is 0 Å². The molecular weight excluding hydrogens is 192 g/mol. The van der Waals surface area contributed by atoms with E-state index in [0.717, 1.165) is 29.6 Å². The lowest BCUT2D eigenvalue weighted by Gasteiger charge is -2.30. The van der Waals surface area contributed by atoms with Gasteiger partial charge < -0.3 is 0 Å². The van der Waals surface area contributed by atoms with Crippen molar-refractivity contribution in [3.63, 3.8) is 0 Å². The van der Waals surface area contributed by atoms with E-state index in [1.54, 1.807) is 6.42 Å². The molecule has 2 aliphatic rings. The van der Waals surface area contributed by atoms with Gasteiger partial charge in [-0.3, -0.25) is 0 Å². The second-order valence-corrected chi connectivity index (χ2v) is 7.41. The molecule has 0 aromatic carbocycles. The second-order valence-electron chi connectivity index (χ2n) is 7.41. The summed E-state index contributed by atoms with van der Waals surface area (Å²) in [6.45, 7) is 12.2. The van der Waals surface area contributed by atoms with Crippen LogP contribution < -0.4 is 0 Å². The number of rotatable bonds is 4. The van der Waals surface area contributed by atoms with Crippen molar-refractivity contribution < 1.29 is 0 Å². The van der Waals surface area contributed by atoms with E-state index in [-0.39, 0.29) is 0 Å². The summed E-state index contributed by atoms with van der Waals surface area (Å²) in [7, 11) is 0. The summed E-state index contributed by atoms with van der Waals surface area (Å²) in [5.74, 6) is 5.11. The maximum absolute atomic E-state index is 2.49. The highest BCUT2D eigenvalue weighted by Gasteiger charge is 2.59. The summed E-state index contributed by atoms with van der Waals surface area (Å²) < 4.78 is 0. The highest BCUT2D eigenvalue weighted by Crippen LogP contribution is 2.66. The predicted molar refractivity (Wildman–Crippen MR) is 71.3 cm³/mol. The van der Waals surface area contributed by atoms with Crippen molar-refractivity contribution in [2.24, 2.45) is 35.0 Å². The number of fused-ring (bicyclic) bond motifs is 1. The van der Waals surface area contributed by atoms with Gasteiger partial charge in [-0.2, -0.15) is 0 Å². The fraction of sp³-hybridized carbons (Fsp3) is 1.00. The minimum Gasteiger partial charge on any atom is -0.0651 e. The lowest BCUT2D eigenvalue weighted by molar-refractivity contribution is 0.205. The average Bonchev–Trinajstić information content (AvgIpc) is 2.77. The van der Waals surface area contributed by atoms with Crippen LogP contribution in [0.3, 0.4) is 0 Å². The molecule has 0 aliphatic heterocycles. The minimum absolute atomic E-state index is 0.699. The maximum Gasteiger partial charge on any atom is -0.0292 e. The first-order valence-corrected chi connectivity index (χ1v) is 7.46. The van der Waals surface area contributed by atoms with Crippen LogP contribution in [0.2, 0.25) is 0 Å². The molecule has 4 unspecified atom stereocenters. The largest absolute Gasteiger partial charge is 0.0651 e. The molecule has 0 aromatic heterocycles. The van der Waals surface area contributed by atoms with Gasteiger partial charge in [0.15, 0.2) is 0 Å². The fourth-order valence-corrected chi connectivity index (χ4v) is 4.46. The Kier molecular flexibility index (Phi) is 3.39. The summed E-state index contributed by atoms with van der Waals surface area (Å²) in [6.07, 6.45) is 7.45. The van der Waals surface area contributed by atoms with Crippen molar-refractivity contribution in [2.75, 3.05) is 0 Å². The Labute approximate surface area is 102 Å². The Morgan fingerprint density at radius 1 is 1.12 bits per heavy atom. The third-order valence-corrected chi connectivity index (χ3v) is 5.66. The van der Waals surface area contributed by atoms with Crippen LogP contribution in [0, 0.1) is 35.0 Å². The van der Waals surface area contributed by atoms with Gasteiger partial charge in [0.2, 0.25) is 0 Å². The number of hydrogen-bond acceptors (Lipinski definition) is 0. The van der Waals surface area contributed by atoms with Gasteiger partial charge in [0.1, 0.15) is 0 Å². The van der Waals surface area contributed by atoms with E-state index in [9.17, 15) is 0 Å². The van der Waals surface area contributed by atoms with Crippen molar-refractivity contribution in [2.45, 2.75) is 66.7 Å². The number of hydrogen-bond donors (Lipinski definition) is 0. The molecular formula is C16H30. The first kappa shape index (κ1) is 12.5. The Morgan fingerprint density at radius 2 is 1.81 bits per heavy atom. The van der Waals surface area contributed by atoms with Crippen LogP contribution in [0.5, 0.6) is 0 Å². The Hall–Kier alpha value is 0. The first-order valence-electron chi connectivity index (χ1n) is 7.46. The average molecular weight is 222 g/mol. The molecule has 2 rings (SSSR count). The Bertz CT molecular complexity index is 238. The molecule has 16 heavy (non-hydrogen) atoms. The zero-order chi connectivity index (χ0) is 11.9. The summed E-state index contributed by atoms with van der Waals surface area (Å²) in [5, 5.41) is 0. The topological polar surface area (TPSA) is 0 Å². The molecule has 2 fully saturated rings. The zero-order valence-electron chi connectivity index (χ0n) is 11.9. The fourth-order valence-electron chi connectivity index (χ4n) is 4.46. The van der Waals surface area contributed by atoms with E-state index < -0.39 is 0 Å². The van der Waals surface area contributed by atoms with Crippen LogP contribution in [0.1, 0.15) is 66.7 Å². The van der Waals surface area contributed by atoms with Crippen molar-refractivity contribution in [1.29, 1.82) is 0 Å². The van der Waals surface area contributed by atoms with Crippen LogP contribution in [0.4, 0.5) is 0 Å². The van der Waals surface area contributed by atoms with Gasteiger partial charge in [0.25, 0.3) is 0 Å². The molecule has 2 saturated carbocycles. The van der Waals surface area contributed by atoms with E-state index >= 15 is 0 Å². The molecule has 0 bridgehead atoms. The van der Waals surface area contributed by atoms with Gasteiger partial charge in [-0.15, -0.1) is 0 Å². The van der Waals surface area contributed by atoms with Crippen LogP contribution in [0.15, 0.2) is 0 Å². The monoisotopic (exact) mass is 222 g/mol. The molecule has 0 heteroatoms. The summed E-state index contributed by atoms with van der Waals surface area (Å²) >= 11 is 0. The minimum atomic E-state index is 0.699. The zero-order valence-corrected chi connectivity index (χ0v) is 11.9. The van der Waals surface area contributed by atoms with Crippen molar-refractivity contribution in [1.82, 2.24) is 0 Å². The molecule has 0 spiro atoms. The van der Waals surface area contributed by atoms with Crippen LogP contribution in [-0.2, 0) is 0 Å². The summed E-state index contributed by atoms with van der Waals surface area (Å²) in [4.78, 5) is 0. The highest BCUT2D eigenvalue weighted by molar-refractivity contribution is 5.08. The van der Waals surface area contributed by atoms with E-state index in [1.165, 1.54) is 25.7 Å². The first-order chi connectivity index (χ1) is 7.46. The van der Waals surface area contributed by atoms with Crippen LogP contribution >= 0.6 is 0 Å². The van der Waals surface area contributed by atoms with Gasteiger partial charge in [-0.05, 0) is 60.7 Å². The molecule has 0 heterocycles.